The Morgan fingerprint density at radius 3 is 1.69 bits per heavy atom. The zero-order valence-electron chi connectivity index (χ0n) is 33.9. The summed E-state index contributed by atoms with van der Waals surface area (Å²) in [4.78, 5) is 15.7. The molecule has 11 rings (SSSR count). The van der Waals surface area contributed by atoms with Crippen LogP contribution in [0.1, 0.15) is 51.7 Å². The molecule has 0 fully saturated rings. The molecule has 284 valence electrons. The van der Waals surface area contributed by atoms with E-state index in [-0.39, 0.29) is 10.8 Å². The average Bonchev–Trinajstić information content (AvgIpc) is 3.61. The van der Waals surface area contributed by atoms with Gasteiger partial charge in [0.2, 0.25) is 0 Å². The zero-order valence-corrected chi connectivity index (χ0v) is 33.9. The monoisotopic (exact) mass is 760 g/mol. The second-order valence-electron chi connectivity index (χ2n) is 17.5. The molecule has 0 radical (unpaired) electrons. The first-order valence-corrected chi connectivity index (χ1v) is 20.7. The molecule has 2 heterocycles. The predicted octanol–water partition coefficient (Wildman–Crippen LogP) is 14.3. The Labute approximate surface area is 344 Å². The highest BCUT2D eigenvalue weighted by atomic mass is 15.0. The molecule has 0 unspecified atom stereocenters. The van der Waals surface area contributed by atoms with Crippen molar-refractivity contribution in [2.75, 3.05) is 0 Å². The second-order valence-corrected chi connectivity index (χ2v) is 17.5. The lowest BCUT2D eigenvalue weighted by Crippen LogP contribution is -2.33. The first kappa shape index (κ1) is 35.3. The van der Waals surface area contributed by atoms with Gasteiger partial charge < -0.3 is 4.57 Å². The lowest BCUT2D eigenvalue weighted by atomic mass is 9.63. The van der Waals surface area contributed by atoms with Crippen molar-refractivity contribution in [2.24, 2.45) is 0 Å². The van der Waals surface area contributed by atoms with E-state index in [0.717, 1.165) is 38.5 Å². The third-order valence-corrected chi connectivity index (χ3v) is 12.9. The SMILES string of the molecule is CC1(C)CCC(C)(C)c2cc3c(cc21)c1ccccc1n3-c1ccc(-c2nc(-c3ccc4ccccc4c3)nc(-c3ccc(-c4ccccc4)c4ccccc34)n2)cc1. The van der Waals surface area contributed by atoms with Crippen LogP contribution >= 0.6 is 0 Å². The van der Waals surface area contributed by atoms with Crippen LogP contribution in [-0.2, 0) is 10.8 Å². The number of benzene rings is 8. The summed E-state index contributed by atoms with van der Waals surface area (Å²) in [6.45, 7) is 9.63. The minimum atomic E-state index is 0.108. The number of hydrogen-bond acceptors (Lipinski definition) is 3. The maximum atomic E-state index is 5.26. The first-order valence-electron chi connectivity index (χ1n) is 20.7. The summed E-state index contributed by atoms with van der Waals surface area (Å²) in [7, 11) is 0. The lowest BCUT2D eigenvalue weighted by Gasteiger charge is -2.42. The van der Waals surface area contributed by atoms with E-state index in [9.17, 15) is 0 Å². The van der Waals surface area contributed by atoms with Crippen molar-refractivity contribution in [3.63, 3.8) is 0 Å². The zero-order chi connectivity index (χ0) is 39.9. The van der Waals surface area contributed by atoms with Crippen molar-refractivity contribution in [1.82, 2.24) is 19.5 Å². The van der Waals surface area contributed by atoms with Crippen LogP contribution in [0.2, 0.25) is 0 Å². The molecular weight excluding hydrogens is 717 g/mol. The molecule has 0 saturated heterocycles. The maximum absolute atomic E-state index is 5.26. The molecule has 0 atom stereocenters. The van der Waals surface area contributed by atoms with Crippen molar-refractivity contribution < 1.29 is 0 Å². The smallest absolute Gasteiger partial charge is 0.164 e. The van der Waals surface area contributed by atoms with E-state index >= 15 is 0 Å². The average molecular weight is 761 g/mol. The molecule has 0 amide bonds. The van der Waals surface area contributed by atoms with E-state index < -0.39 is 0 Å². The molecule has 10 aromatic rings. The van der Waals surface area contributed by atoms with Gasteiger partial charge in [0, 0.05) is 33.2 Å². The highest BCUT2D eigenvalue weighted by Gasteiger charge is 2.38. The van der Waals surface area contributed by atoms with Gasteiger partial charge in [0.15, 0.2) is 17.5 Å². The van der Waals surface area contributed by atoms with Crippen molar-refractivity contribution in [3.8, 4) is 51.0 Å². The molecule has 1 aliphatic carbocycles. The van der Waals surface area contributed by atoms with Crippen LogP contribution < -0.4 is 0 Å². The van der Waals surface area contributed by atoms with Gasteiger partial charge >= 0.3 is 0 Å². The third-order valence-electron chi connectivity index (χ3n) is 12.9. The van der Waals surface area contributed by atoms with Crippen molar-refractivity contribution in [1.29, 1.82) is 0 Å². The molecular formula is C55H44N4. The van der Waals surface area contributed by atoms with Crippen LogP contribution in [0.25, 0.3) is 94.3 Å². The molecule has 8 aromatic carbocycles. The van der Waals surface area contributed by atoms with E-state index in [1.54, 1.807) is 0 Å². The van der Waals surface area contributed by atoms with E-state index in [2.05, 4.69) is 202 Å². The van der Waals surface area contributed by atoms with Gasteiger partial charge in [0.25, 0.3) is 0 Å². The van der Waals surface area contributed by atoms with Gasteiger partial charge in [-0.1, -0.05) is 143 Å². The summed E-state index contributed by atoms with van der Waals surface area (Å²) in [6.07, 6.45) is 2.37. The highest BCUT2D eigenvalue weighted by Crippen LogP contribution is 2.48. The van der Waals surface area contributed by atoms with Gasteiger partial charge in [0.1, 0.15) is 0 Å². The van der Waals surface area contributed by atoms with Gasteiger partial charge in [-0.2, -0.15) is 0 Å². The molecule has 1 aliphatic rings. The minimum Gasteiger partial charge on any atom is -0.309 e. The number of fused-ring (bicyclic) bond motifs is 6. The van der Waals surface area contributed by atoms with E-state index in [4.69, 9.17) is 15.0 Å². The normalized spacial score (nSPS) is 14.6. The van der Waals surface area contributed by atoms with Crippen LogP contribution in [0.5, 0.6) is 0 Å². The summed E-state index contributed by atoms with van der Waals surface area (Å²) >= 11 is 0. The standard InChI is InChI=1S/C55H44N4/c1-54(2)30-31-55(3,4)48-34-50-46(33-47(48)54)44-20-12-13-21-49(44)59(50)40-26-24-37(25-27-40)51-56-52(39-23-22-35-14-8-9-17-38(35)32-39)58-53(57-51)45-29-28-41(36-15-6-5-7-16-36)42-18-10-11-19-43(42)45/h5-29,32-34H,30-31H2,1-4H3. The van der Waals surface area contributed by atoms with Gasteiger partial charge in [-0.15, -0.1) is 0 Å². The Balaban J connectivity index is 1.08. The highest BCUT2D eigenvalue weighted by molar-refractivity contribution is 6.10. The largest absolute Gasteiger partial charge is 0.309 e. The lowest BCUT2D eigenvalue weighted by molar-refractivity contribution is 0.332. The number of rotatable bonds is 5. The fraction of sp³-hybridized carbons (Fsp3) is 0.145. The molecule has 2 aromatic heterocycles. The van der Waals surface area contributed by atoms with Crippen LogP contribution in [0, 0.1) is 0 Å². The second kappa shape index (κ2) is 13.3. The number of hydrogen-bond donors (Lipinski definition) is 0. The Hall–Kier alpha value is -6.91. The topological polar surface area (TPSA) is 43.6 Å². The molecule has 0 bridgehead atoms. The predicted molar refractivity (Wildman–Crippen MR) is 246 cm³/mol. The molecule has 4 nitrogen and oxygen atoms in total. The molecule has 0 saturated carbocycles. The third kappa shape index (κ3) is 5.85. The Morgan fingerprint density at radius 1 is 0.390 bits per heavy atom. The molecule has 59 heavy (non-hydrogen) atoms. The summed E-state index contributed by atoms with van der Waals surface area (Å²) in [5.41, 5.74) is 12.0. The Kier molecular flexibility index (Phi) is 7.96. The Morgan fingerprint density at radius 2 is 0.949 bits per heavy atom. The number of para-hydroxylation sites is 1. The summed E-state index contributed by atoms with van der Waals surface area (Å²) in [5, 5.41) is 7.18. The number of aromatic nitrogens is 4. The van der Waals surface area contributed by atoms with Crippen LogP contribution in [0.15, 0.2) is 170 Å². The summed E-state index contributed by atoms with van der Waals surface area (Å²) < 4.78 is 2.44. The van der Waals surface area contributed by atoms with Gasteiger partial charge in [-0.3, -0.25) is 0 Å². The molecule has 4 heteroatoms. The van der Waals surface area contributed by atoms with Crippen LogP contribution in [0.4, 0.5) is 0 Å². The summed E-state index contributed by atoms with van der Waals surface area (Å²) in [5.74, 6) is 1.94. The first-order chi connectivity index (χ1) is 28.7. The fourth-order valence-electron chi connectivity index (χ4n) is 9.51. The van der Waals surface area contributed by atoms with E-state index in [1.807, 2.05) is 0 Å². The fourth-order valence-corrected chi connectivity index (χ4v) is 9.51. The molecule has 0 aliphatic heterocycles. The molecule has 0 spiro atoms. The molecule has 0 N–H and O–H groups in total. The van der Waals surface area contributed by atoms with Gasteiger partial charge in [-0.05, 0) is 122 Å². The van der Waals surface area contributed by atoms with Gasteiger partial charge in [-0.25, -0.2) is 15.0 Å². The van der Waals surface area contributed by atoms with Gasteiger partial charge in [0.05, 0.1) is 11.0 Å². The van der Waals surface area contributed by atoms with Crippen molar-refractivity contribution in [3.05, 3.63) is 181 Å². The maximum Gasteiger partial charge on any atom is 0.164 e. The van der Waals surface area contributed by atoms with Crippen molar-refractivity contribution >= 4 is 43.4 Å². The van der Waals surface area contributed by atoms with Crippen LogP contribution in [0.3, 0.4) is 0 Å². The Bertz CT molecular complexity index is 3260. The van der Waals surface area contributed by atoms with Crippen LogP contribution in [-0.4, -0.2) is 19.5 Å². The summed E-state index contributed by atoms with van der Waals surface area (Å²) in [6, 6.07) is 61.0. The number of nitrogens with zero attached hydrogens (tertiary/aromatic N) is 4. The quantitative estimate of drug-likeness (QED) is 0.175. The van der Waals surface area contributed by atoms with E-state index in [1.165, 1.54) is 62.3 Å². The minimum absolute atomic E-state index is 0.108. The van der Waals surface area contributed by atoms with Crippen molar-refractivity contribution in [2.45, 2.75) is 51.4 Å². The van der Waals surface area contributed by atoms with E-state index in [0.29, 0.717) is 17.5 Å².